The molecule has 7 aromatic carbocycles. The Kier molecular flexibility index (Phi) is 3.92. The Morgan fingerprint density at radius 3 is 1.04 bits per heavy atom. The van der Waals surface area contributed by atoms with Crippen molar-refractivity contribution in [2.75, 3.05) is 0 Å². The second kappa shape index (κ2) is 7.66. The fraction of sp³-hybridized carbons (Fsp3) is 0.0455. The molecule has 0 fully saturated rings. The first-order valence-corrected chi connectivity index (χ1v) is 18.0. The van der Waals surface area contributed by atoms with E-state index in [1.165, 1.54) is 101 Å². The summed E-state index contributed by atoms with van der Waals surface area (Å²) in [6, 6.07) is 53.9. The molecule has 3 heterocycles. The number of nitrogens with zero attached hydrogens (tertiary/aromatic N) is 1. The molecule has 0 saturated heterocycles. The van der Waals surface area contributed by atoms with Crippen molar-refractivity contribution < 1.29 is 0 Å². The van der Waals surface area contributed by atoms with Gasteiger partial charge in [0.2, 0.25) is 0 Å². The highest BCUT2D eigenvalue weighted by Gasteiger charge is 2.66. The van der Waals surface area contributed by atoms with Crippen molar-refractivity contribution in [1.82, 2.24) is 4.57 Å². The number of benzene rings is 7. The van der Waals surface area contributed by atoms with E-state index in [1.54, 1.807) is 0 Å². The number of aromatic nitrogens is 1. The zero-order chi connectivity index (χ0) is 30.2. The van der Waals surface area contributed by atoms with Crippen molar-refractivity contribution in [2.24, 2.45) is 0 Å². The van der Waals surface area contributed by atoms with Gasteiger partial charge in [0.15, 0.2) is 0 Å². The van der Waals surface area contributed by atoms with Crippen LogP contribution in [0.4, 0.5) is 0 Å². The first kappa shape index (κ1) is 24.0. The quantitative estimate of drug-likeness (QED) is 0.170. The van der Waals surface area contributed by atoms with Crippen molar-refractivity contribution in [2.45, 2.75) is 10.8 Å². The topological polar surface area (TPSA) is 4.93 Å². The molecule has 0 aliphatic heterocycles. The molecule has 0 atom stereocenters. The molecule has 0 radical (unpaired) electrons. The second-order valence-electron chi connectivity index (χ2n) is 13.5. The van der Waals surface area contributed by atoms with Crippen LogP contribution in [0.15, 0.2) is 140 Å². The first-order chi connectivity index (χ1) is 23.3. The zero-order valence-corrected chi connectivity index (χ0v) is 26.7. The predicted octanol–water partition coefficient (Wildman–Crippen LogP) is 11.8. The Hall–Kier alpha value is -5.22. The summed E-state index contributed by atoms with van der Waals surface area (Å²) < 4.78 is 8.04. The van der Waals surface area contributed by atoms with Gasteiger partial charge < -0.3 is 4.57 Å². The van der Waals surface area contributed by atoms with Crippen LogP contribution in [0.1, 0.15) is 33.4 Å². The highest BCUT2D eigenvalue weighted by Crippen LogP contribution is 2.73. The SMILES string of the molecule is c1ccc(-n2c3cccc4c3c3c(cccc32)C23c5cccc6sc7cccc(c7c56)C42c2cccc4sc5cccc3c5c24)cc1. The molecule has 0 bridgehead atoms. The third kappa shape index (κ3) is 2.29. The third-order valence-electron chi connectivity index (χ3n) is 11.9. The van der Waals surface area contributed by atoms with E-state index in [4.69, 9.17) is 0 Å². The molecule has 3 aliphatic carbocycles. The summed E-state index contributed by atoms with van der Waals surface area (Å²) in [6.45, 7) is 0. The monoisotopic (exact) mass is 629 g/mol. The van der Waals surface area contributed by atoms with Crippen LogP contribution in [0.2, 0.25) is 0 Å². The number of rotatable bonds is 1. The summed E-state index contributed by atoms with van der Waals surface area (Å²) in [5.74, 6) is 0. The summed E-state index contributed by atoms with van der Waals surface area (Å²) in [5.41, 5.74) is 11.5. The molecule has 216 valence electrons. The molecular weight excluding hydrogens is 607 g/mol. The Morgan fingerprint density at radius 1 is 0.319 bits per heavy atom. The Morgan fingerprint density at radius 2 is 0.660 bits per heavy atom. The molecule has 47 heavy (non-hydrogen) atoms. The van der Waals surface area contributed by atoms with Crippen molar-refractivity contribution >= 4 is 84.8 Å². The first-order valence-electron chi connectivity index (χ1n) is 16.4. The molecule has 10 aromatic rings. The van der Waals surface area contributed by atoms with Gasteiger partial charge >= 0.3 is 0 Å². The van der Waals surface area contributed by atoms with Gasteiger partial charge in [-0.2, -0.15) is 0 Å². The maximum absolute atomic E-state index is 2.51. The van der Waals surface area contributed by atoms with Crippen molar-refractivity contribution in [3.8, 4) is 5.69 Å². The lowest BCUT2D eigenvalue weighted by Crippen LogP contribution is -2.56. The highest BCUT2D eigenvalue weighted by atomic mass is 32.1. The summed E-state index contributed by atoms with van der Waals surface area (Å²) in [5, 5.41) is 8.55. The zero-order valence-electron chi connectivity index (χ0n) is 25.0. The van der Waals surface area contributed by atoms with Gasteiger partial charge in [-0.25, -0.2) is 0 Å². The molecule has 0 N–H and O–H groups in total. The summed E-state index contributed by atoms with van der Waals surface area (Å²) in [7, 11) is 0. The number of hydrogen-bond donors (Lipinski definition) is 0. The molecule has 3 heteroatoms. The Labute approximate surface area is 277 Å². The van der Waals surface area contributed by atoms with Gasteiger partial charge in [-0.05, 0) is 81.9 Å². The number of para-hydroxylation sites is 1. The van der Waals surface area contributed by atoms with Crippen LogP contribution < -0.4 is 0 Å². The lowest BCUT2D eigenvalue weighted by molar-refractivity contribution is 0.426. The molecular formula is C44H23NS2. The van der Waals surface area contributed by atoms with Crippen molar-refractivity contribution in [1.29, 1.82) is 0 Å². The lowest BCUT2D eigenvalue weighted by atomic mass is 9.40. The Bertz CT molecular complexity index is 2770. The van der Waals surface area contributed by atoms with E-state index in [2.05, 4.69) is 144 Å². The molecule has 0 spiro atoms. The number of hydrogen-bond acceptors (Lipinski definition) is 2. The lowest BCUT2D eigenvalue weighted by Gasteiger charge is -2.59. The minimum Gasteiger partial charge on any atom is -0.309 e. The van der Waals surface area contributed by atoms with Crippen molar-refractivity contribution in [3.05, 3.63) is 173 Å². The van der Waals surface area contributed by atoms with Gasteiger partial charge in [0.05, 0.1) is 21.9 Å². The molecule has 1 nitrogen and oxygen atoms in total. The summed E-state index contributed by atoms with van der Waals surface area (Å²) in [6.07, 6.45) is 0. The number of thiophene rings is 2. The molecule has 0 saturated carbocycles. The average molecular weight is 630 g/mol. The highest BCUT2D eigenvalue weighted by molar-refractivity contribution is 7.26. The van der Waals surface area contributed by atoms with Crippen LogP contribution in [0.3, 0.4) is 0 Å². The van der Waals surface area contributed by atoms with Crippen LogP contribution >= 0.6 is 22.7 Å². The molecule has 0 unspecified atom stereocenters. The van der Waals surface area contributed by atoms with E-state index >= 15 is 0 Å². The molecule has 0 amide bonds. The van der Waals surface area contributed by atoms with Gasteiger partial charge in [-0.3, -0.25) is 0 Å². The third-order valence-corrected chi connectivity index (χ3v) is 14.1. The maximum atomic E-state index is 2.51. The minimum atomic E-state index is -0.472. The van der Waals surface area contributed by atoms with E-state index in [0.717, 1.165) is 0 Å². The van der Waals surface area contributed by atoms with Gasteiger partial charge in [-0.15, -0.1) is 22.7 Å². The maximum Gasteiger partial charge on any atom is 0.0649 e. The molecule has 13 rings (SSSR count). The van der Waals surface area contributed by atoms with E-state index in [1.807, 2.05) is 22.7 Å². The fourth-order valence-corrected chi connectivity index (χ4v) is 13.0. The average Bonchev–Trinajstić information content (AvgIpc) is 3.81. The van der Waals surface area contributed by atoms with Crippen LogP contribution in [0.25, 0.3) is 67.8 Å². The Balaban J connectivity index is 1.43. The van der Waals surface area contributed by atoms with Gasteiger partial charge in [0.1, 0.15) is 0 Å². The molecule has 3 aromatic heterocycles. The minimum absolute atomic E-state index is 0.472. The summed E-state index contributed by atoms with van der Waals surface area (Å²) >= 11 is 3.91. The van der Waals surface area contributed by atoms with E-state index in [9.17, 15) is 0 Å². The van der Waals surface area contributed by atoms with Crippen LogP contribution in [-0.4, -0.2) is 4.57 Å². The normalized spacial score (nSPS) is 20.1. The van der Waals surface area contributed by atoms with E-state index in [-0.39, 0.29) is 0 Å². The fourth-order valence-electron chi connectivity index (χ4n) is 10.7. The van der Waals surface area contributed by atoms with E-state index < -0.39 is 10.8 Å². The van der Waals surface area contributed by atoms with Gasteiger partial charge in [0, 0.05) is 56.8 Å². The summed E-state index contributed by atoms with van der Waals surface area (Å²) in [4.78, 5) is 0. The largest absolute Gasteiger partial charge is 0.309 e. The van der Waals surface area contributed by atoms with Crippen LogP contribution in [0.5, 0.6) is 0 Å². The molecule has 3 aliphatic rings. The van der Waals surface area contributed by atoms with Crippen molar-refractivity contribution in [3.63, 3.8) is 0 Å². The second-order valence-corrected chi connectivity index (χ2v) is 15.7. The van der Waals surface area contributed by atoms with Gasteiger partial charge in [0.25, 0.3) is 0 Å². The predicted molar refractivity (Wildman–Crippen MR) is 199 cm³/mol. The van der Waals surface area contributed by atoms with Gasteiger partial charge in [-0.1, -0.05) is 91.0 Å². The van der Waals surface area contributed by atoms with Crippen LogP contribution in [0, 0.1) is 0 Å². The van der Waals surface area contributed by atoms with Crippen LogP contribution in [-0.2, 0) is 10.8 Å². The smallest absolute Gasteiger partial charge is 0.0649 e. The standard InChI is InChI=1S/C44H23NS2/c1-2-10-24(11-3-1)45-31-18-4-12-25-37(31)38-26(13-5-19-32(38)45)44-29-16-8-22-35-41(29)39-27(14-6-20-33(39)46-35)43(25,44)28-15-7-21-34-40(28)42-30(44)17-9-23-36(42)47-34/h1-23H. The van der Waals surface area contributed by atoms with E-state index in [0.29, 0.717) is 0 Å².